The van der Waals surface area contributed by atoms with Crippen molar-refractivity contribution in [3.05, 3.63) is 57.8 Å². The lowest BCUT2D eigenvalue weighted by atomic mass is 10.0. The average molecular weight is 372 g/mol. The molecule has 0 spiro atoms. The smallest absolute Gasteiger partial charge is 0.220 e. The Labute approximate surface area is 160 Å². The van der Waals surface area contributed by atoms with Crippen LogP contribution in [0.15, 0.2) is 41.8 Å². The van der Waals surface area contributed by atoms with Crippen LogP contribution in [0.25, 0.3) is 0 Å². The lowest BCUT2D eigenvalue weighted by Gasteiger charge is -2.19. The molecule has 1 saturated heterocycles. The average Bonchev–Trinajstić information content (AvgIpc) is 3.37. The maximum Gasteiger partial charge on any atom is 0.220 e. The van der Waals surface area contributed by atoms with E-state index >= 15 is 0 Å². The van der Waals surface area contributed by atoms with E-state index in [1.807, 2.05) is 6.07 Å². The fourth-order valence-corrected chi connectivity index (χ4v) is 4.23. The van der Waals surface area contributed by atoms with E-state index in [1.165, 1.54) is 23.3 Å². The molecule has 1 aliphatic rings. The molecule has 2 heterocycles. The Morgan fingerprint density at radius 1 is 1.31 bits per heavy atom. The summed E-state index contributed by atoms with van der Waals surface area (Å²) in [4.78, 5) is 13.7. The third-order valence-corrected chi connectivity index (χ3v) is 5.92. The molecule has 1 aliphatic heterocycles. The Hall–Kier alpha value is -1.65. The van der Waals surface area contributed by atoms with Gasteiger partial charge in [-0.2, -0.15) is 0 Å². The summed E-state index contributed by atoms with van der Waals surface area (Å²) in [5.74, 6) is 0.106. The van der Waals surface area contributed by atoms with Gasteiger partial charge in [-0.15, -0.1) is 11.3 Å². The van der Waals surface area contributed by atoms with Gasteiger partial charge in [0.15, 0.2) is 0 Å². The highest BCUT2D eigenvalue weighted by Gasteiger charge is 2.20. The number of rotatable bonds is 9. The Kier molecular flexibility index (Phi) is 7.27. The number of unbranched alkanes of at least 4 members (excludes halogenated alkanes) is 1. The van der Waals surface area contributed by atoms with E-state index in [9.17, 15) is 4.79 Å². The zero-order valence-corrected chi connectivity index (χ0v) is 16.4. The largest absolute Gasteiger partial charge is 0.378 e. The van der Waals surface area contributed by atoms with E-state index in [0.717, 1.165) is 37.9 Å². The van der Waals surface area contributed by atoms with E-state index < -0.39 is 0 Å². The molecule has 2 unspecified atom stereocenters. The van der Waals surface area contributed by atoms with Crippen molar-refractivity contribution in [1.82, 2.24) is 5.32 Å². The molecule has 2 atom stereocenters. The normalized spacial score (nSPS) is 18.0. The van der Waals surface area contributed by atoms with Gasteiger partial charge in [-0.25, -0.2) is 0 Å². The first kappa shape index (κ1) is 19.1. The molecule has 3 rings (SSSR count). The molecule has 140 valence electrons. The van der Waals surface area contributed by atoms with Crippen LogP contribution in [0.1, 0.15) is 67.5 Å². The standard InChI is InChI=1S/C22H29NO2S/c1-2-3-6-17-9-11-18(12-10-17)22(20-8-5-16-26-20)23-21(24)14-13-19-7-4-15-25-19/h5,8-12,16,19,22H,2-4,6-7,13-15H2,1H3,(H,23,24). The quantitative estimate of drug-likeness (QED) is 0.653. The maximum absolute atomic E-state index is 12.5. The summed E-state index contributed by atoms with van der Waals surface area (Å²) in [5, 5.41) is 5.30. The van der Waals surface area contributed by atoms with Crippen molar-refractivity contribution < 1.29 is 9.53 Å². The van der Waals surface area contributed by atoms with Crippen LogP contribution in [0.4, 0.5) is 0 Å². The van der Waals surface area contributed by atoms with Crippen molar-refractivity contribution in [3.63, 3.8) is 0 Å². The molecule has 26 heavy (non-hydrogen) atoms. The molecule has 2 aromatic rings. The zero-order valence-electron chi connectivity index (χ0n) is 15.6. The minimum atomic E-state index is -0.0628. The van der Waals surface area contributed by atoms with Gasteiger partial charge in [-0.05, 0) is 54.7 Å². The SMILES string of the molecule is CCCCc1ccc(C(NC(=O)CCC2CCCO2)c2cccs2)cc1. The zero-order chi connectivity index (χ0) is 18.2. The highest BCUT2D eigenvalue weighted by molar-refractivity contribution is 7.10. The Morgan fingerprint density at radius 3 is 2.81 bits per heavy atom. The summed E-state index contributed by atoms with van der Waals surface area (Å²) in [6, 6.07) is 12.8. The van der Waals surface area contributed by atoms with Crippen LogP contribution < -0.4 is 5.32 Å². The molecule has 3 nitrogen and oxygen atoms in total. The van der Waals surface area contributed by atoms with Gasteiger partial charge in [-0.3, -0.25) is 4.79 Å². The van der Waals surface area contributed by atoms with Crippen LogP contribution in [0.2, 0.25) is 0 Å². The van der Waals surface area contributed by atoms with E-state index in [1.54, 1.807) is 11.3 Å². The monoisotopic (exact) mass is 371 g/mol. The number of ether oxygens (including phenoxy) is 1. The molecule has 1 aromatic heterocycles. The fourth-order valence-electron chi connectivity index (χ4n) is 3.43. The van der Waals surface area contributed by atoms with Crippen LogP contribution in [0.5, 0.6) is 0 Å². The molecule has 0 bridgehead atoms. The second-order valence-electron chi connectivity index (χ2n) is 7.03. The van der Waals surface area contributed by atoms with Gasteiger partial charge < -0.3 is 10.1 Å². The highest BCUT2D eigenvalue weighted by Crippen LogP contribution is 2.27. The molecular formula is C22H29NO2S. The summed E-state index contributed by atoms with van der Waals surface area (Å²) in [7, 11) is 0. The predicted octanol–water partition coefficient (Wildman–Crippen LogP) is 5.26. The first-order valence-electron chi connectivity index (χ1n) is 9.79. The third kappa shape index (κ3) is 5.42. The number of carbonyl (C=O) groups excluding carboxylic acids is 1. The molecule has 1 amide bonds. The van der Waals surface area contributed by atoms with Gasteiger partial charge in [0.25, 0.3) is 0 Å². The number of hydrogen-bond donors (Lipinski definition) is 1. The van der Waals surface area contributed by atoms with E-state index in [-0.39, 0.29) is 18.1 Å². The molecule has 0 radical (unpaired) electrons. The third-order valence-electron chi connectivity index (χ3n) is 4.98. The predicted molar refractivity (Wildman–Crippen MR) is 108 cm³/mol. The molecule has 4 heteroatoms. The summed E-state index contributed by atoms with van der Waals surface area (Å²) in [6.45, 7) is 3.06. The number of hydrogen-bond acceptors (Lipinski definition) is 3. The van der Waals surface area contributed by atoms with Crippen molar-refractivity contribution in [2.45, 2.75) is 64.0 Å². The highest BCUT2D eigenvalue weighted by atomic mass is 32.1. The van der Waals surface area contributed by atoms with Crippen molar-refractivity contribution >= 4 is 17.2 Å². The van der Waals surface area contributed by atoms with Crippen molar-refractivity contribution in [3.8, 4) is 0 Å². The van der Waals surface area contributed by atoms with E-state index in [4.69, 9.17) is 4.74 Å². The number of carbonyl (C=O) groups is 1. The Balaban J connectivity index is 1.64. The summed E-state index contributed by atoms with van der Waals surface area (Å²) in [5.41, 5.74) is 2.52. The van der Waals surface area contributed by atoms with Crippen LogP contribution in [-0.2, 0) is 16.0 Å². The minimum absolute atomic E-state index is 0.0628. The molecule has 0 saturated carbocycles. The van der Waals surface area contributed by atoms with Crippen molar-refractivity contribution in [1.29, 1.82) is 0 Å². The summed E-state index contributed by atoms with van der Waals surface area (Å²) < 4.78 is 5.63. The number of benzene rings is 1. The van der Waals surface area contributed by atoms with Gasteiger partial charge >= 0.3 is 0 Å². The van der Waals surface area contributed by atoms with Crippen LogP contribution in [0, 0.1) is 0 Å². The Morgan fingerprint density at radius 2 is 2.15 bits per heavy atom. The second-order valence-corrected chi connectivity index (χ2v) is 8.01. The number of aryl methyl sites for hydroxylation is 1. The first-order chi connectivity index (χ1) is 12.8. The van der Waals surface area contributed by atoms with Crippen LogP contribution in [-0.4, -0.2) is 18.6 Å². The van der Waals surface area contributed by atoms with Crippen LogP contribution in [0.3, 0.4) is 0 Å². The van der Waals surface area contributed by atoms with Crippen LogP contribution >= 0.6 is 11.3 Å². The lowest BCUT2D eigenvalue weighted by molar-refractivity contribution is -0.122. The molecular weight excluding hydrogens is 342 g/mol. The topological polar surface area (TPSA) is 38.3 Å². The first-order valence-corrected chi connectivity index (χ1v) is 10.7. The summed E-state index contributed by atoms with van der Waals surface area (Å²) in [6.07, 6.45) is 7.36. The molecule has 1 N–H and O–H groups in total. The van der Waals surface area contributed by atoms with Crippen molar-refractivity contribution in [2.75, 3.05) is 6.61 Å². The van der Waals surface area contributed by atoms with Gasteiger partial charge in [0.1, 0.15) is 0 Å². The van der Waals surface area contributed by atoms with Gasteiger partial charge in [-0.1, -0.05) is 43.7 Å². The number of thiophene rings is 1. The van der Waals surface area contributed by atoms with Crippen molar-refractivity contribution in [2.24, 2.45) is 0 Å². The molecule has 1 aromatic carbocycles. The van der Waals surface area contributed by atoms with Gasteiger partial charge in [0.2, 0.25) is 5.91 Å². The fraction of sp³-hybridized carbons (Fsp3) is 0.500. The molecule has 1 fully saturated rings. The maximum atomic E-state index is 12.5. The number of amides is 1. The molecule has 0 aliphatic carbocycles. The number of nitrogens with one attached hydrogen (secondary N) is 1. The lowest BCUT2D eigenvalue weighted by Crippen LogP contribution is -2.29. The second kappa shape index (κ2) is 9.89. The van der Waals surface area contributed by atoms with Gasteiger partial charge in [0.05, 0.1) is 12.1 Å². The Bertz CT molecular complexity index is 660. The summed E-state index contributed by atoms with van der Waals surface area (Å²) >= 11 is 1.69. The van der Waals surface area contributed by atoms with E-state index in [2.05, 4.69) is 48.0 Å². The van der Waals surface area contributed by atoms with E-state index in [0.29, 0.717) is 6.42 Å². The minimum Gasteiger partial charge on any atom is -0.378 e. The van der Waals surface area contributed by atoms with Gasteiger partial charge in [0, 0.05) is 17.9 Å².